The average molecular weight is 483 g/mol. The van der Waals surface area contributed by atoms with Crippen LogP contribution in [0.3, 0.4) is 0 Å². The van der Waals surface area contributed by atoms with E-state index in [-0.39, 0.29) is 12.2 Å². The molecular weight excluding hydrogens is 440 g/mol. The third-order valence-electron chi connectivity index (χ3n) is 6.06. The van der Waals surface area contributed by atoms with Gasteiger partial charge in [-0.3, -0.25) is 4.79 Å². The van der Waals surface area contributed by atoms with E-state index in [0.29, 0.717) is 29.9 Å². The molecule has 0 aliphatic carbocycles. The maximum Gasteiger partial charge on any atom is 0.343 e. The van der Waals surface area contributed by atoms with E-state index in [1.807, 2.05) is 0 Å². The number of carbonyl (C=O) groups excluding carboxylic acids is 2. The number of Topliss-reactive ketones (excluding diaryl/α,β-unsaturated/α-hetero) is 1. The van der Waals surface area contributed by atoms with Crippen molar-refractivity contribution in [2.45, 2.75) is 97.0 Å². The van der Waals surface area contributed by atoms with Gasteiger partial charge >= 0.3 is 5.97 Å². The van der Waals surface area contributed by atoms with Crippen LogP contribution in [0.5, 0.6) is 11.5 Å². The lowest BCUT2D eigenvalue weighted by Gasteiger charge is -2.10. The molecule has 0 spiro atoms. The number of carbonyl (C=O) groups is 2. The van der Waals surface area contributed by atoms with Gasteiger partial charge in [0.05, 0.1) is 18.3 Å². The number of benzene rings is 2. The van der Waals surface area contributed by atoms with Crippen LogP contribution < -0.4 is 9.47 Å². The van der Waals surface area contributed by atoms with Gasteiger partial charge in [0.25, 0.3) is 0 Å². The molecule has 5 nitrogen and oxygen atoms in total. The Balaban J connectivity index is 1.73. The van der Waals surface area contributed by atoms with Gasteiger partial charge in [0.1, 0.15) is 11.5 Å². The van der Waals surface area contributed by atoms with Gasteiger partial charge in [0.2, 0.25) is 0 Å². The molecule has 0 aliphatic rings. The molecular formula is C30H42O5. The molecule has 2 rings (SSSR count). The molecule has 1 unspecified atom stereocenters. The average Bonchev–Trinajstić information content (AvgIpc) is 2.86. The summed E-state index contributed by atoms with van der Waals surface area (Å²) >= 11 is 0. The highest BCUT2D eigenvalue weighted by molar-refractivity contribution is 5.96. The first-order valence-corrected chi connectivity index (χ1v) is 13.3. The number of esters is 1. The Morgan fingerprint density at radius 1 is 0.714 bits per heavy atom. The maximum atomic E-state index is 12.5. The maximum absolute atomic E-state index is 12.5. The molecule has 1 atom stereocenters. The van der Waals surface area contributed by atoms with E-state index >= 15 is 0 Å². The van der Waals surface area contributed by atoms with E-state index in [0.717, 1.165) is 31.4 Å². The molecule has 0 fully saturated rings. The van der Waals surface area contributed by atoms with Crippen LogP contribution >= 0.6 is 0 Å². The summed E-state index contributed by atoms with van der Waals surface area (Å²) in [6, 6.07) is 13.4. The van der Waals surface area contributed by atoms with Crippen LogP contribution in [0.1, 0.15) is 112 Å². The first-order chi connectivity index (χ1) is 17.0. The highest BCUT2D eigenvalue weighted by Gasteiger charge is 2.14. The van der Waals surface area contributed by atoms with Gasteiger partial charge < -0.3 is 14.6 Å². The number of rotatable bonds is 18. The minimum atomic E-state index is -0.617. The van der Waals surface area contributed by atoms with Gasteiger partial charge in [-0.2, -0.15) is 0 Å². The van der Waals surface area contributed by atoms with Gasteiger partial charge in [-0.25, -0.2) is 4.79 Å². The van der Waals surface area contributed by atoms with Crippen LogP contribution in [0.25, 0.3) is 0 Å². The summed E-state index contributed by atoms with van der Waals surface area (Å²) in [6.07, 6.45) is 11.9. The van der Waals surface area contributed by atoms with E-state index in [9.17, 15) is 14.7 Å². The van der Waals surface area contributed by atoms with Crippen molar-refractivity contribution >= 4 is 11.8 Å². The molecule has 0 radical (unpaired) electrons. The van der Waals surface area contributed by atoms with Crippen LogP contribution in [0, 0.1) is 0 Å². The highest BCUT2D eigenvalue weighted by Crippen LogP contribution is 2.19. The Labute approximate surface area is 210 Å². The van der Waals surface area contributed by atoms with Gasteiger partial charge in [0, 0.05) is 12.0 Å². The number of unbranched alkanes of at least 4 members (excludes halogenated alkanes) is 8. The molecule has 5 heteroatoms. The summed E-state index contributed by atoms with van der Waals surface area (Å²) in [4.78, 5) is 24.8. The van der Waals surface area contributed by atoms with Crippen molar-refractivity contribution in [2.75, 3.05) is 6.61 Å². The fourth-order valence-corrected chi connectivity index (χ4v) is 3.88. The molecule has 0 amide bonds. The predicted octanol–water partition coefficient (Wildman–Crippen LogP) is 7.55. The Hall–Kier alpha value is -2.66. The van der Waals surface area contributed by atoms with Gasteiger partial charge in [0.15, 0.2) is 5.78 Å². The minimum absolute atomic E-state index is 0.107. The van der Waals surface area contributed by atoms with Crippen molar-refractivity contribution in [1.82, 2.24) is 0 Å². The summed E-state index contributed by atoms with van der Waals surface area (Å²) < 4.78 is 11.2. The summed E-state index contributed by atoms with van der Waals surface area (Å²) in [5.74, 6) is 0.537. The summed E-state index contributed by atoms with van der Waals surface area (Å²) in [7, 11) is 0. The molecule has 0 bridgehead atoms. The molecule has 1 N–H and O–H groups in total. The standard InChI is InChI=1S/C30H42O5/c1-3-5-7-8-9-10-12-22-34-27-18-16-25(17-19-27)30(33)35-28-20-14-24(15-21-28)29(32)23-26(31)13-11-6-4-2/h14-21,26,31H,3-13,22-23H2,1-2H3. The van der Waals surface area contributed by atoms with Crippen LogP contribution in [-0.4, -0.2) is 29.6 Å². The Morgan fingerprint density at radius 2 is 1.26 bits per heavy atom. The number of aliphatic hydroxyl groups is 1. The zero-order valence-electron chi connectivity index (χ0n) is 21.5. The van der Waals surface area contributed by atoms with Crippen molar-refractivity contribution in [3.8, 4) is 11.5 Å². The van der Waals surface area contributed by atoms with E-state index in [1.165, 1.54) is 38.5 Å². The van der Waals surface area contributed by atoms with Gasteiger partial charge in [-0.15, -0.1) is 0 Å². The van der Waals surface area contributed by atoms with E-state index < -0.39 is 12.1 Å². The molecule has 35 heavy (non-hydrogen) atoms. The van der Waals surface area contributed by atoms with Crippen LogP contribution in [0.2, 0.25) is 0 Å². The second-order valence-electron chi connectivity index (χ2n) is 9.18. The number of aliphatic hydroxyl groups excluding tert-OH is 1. The fourth-order valence-electron chi connectivity index (χ4n) is 3.88. The molecule has 0 aliphatic heterocycles. The Morgan fingerprint density at radius 3 is 1.91 bits per heavy atom. The lowest BCUT2D eigenvalue weighted by atomic mass is 10.0. The number of hydrogen-bond acceptors (Lipinski definition) is 5. The number of ether oxygens (including phenoxy) is 2. The van der Waals surface area contributed by atoms with Crippen molar-refractivity contribution in [3.63, 3.8) is 0 Å². The lowest BCUT2D eigenvalue weighted by molar-refractivity contribution is 0.0734. The van der Waals surface area contributed by atoms with Crippen molar-refractivity contribution in [1.29, 1.82) is 0 Å². The molecule has 2 aromatic carbocycles. The third-order valence-corrected chi connectivity index (χ3v) is 6.06. The third kappa shape index (κ3) is 11.5. The van der Waals surface area contributed by atoms with E-state index in [4.69, 9.17) is 9.47 Å². The monoisotopic (exact) mass is 482 g/mol. The van der Waals surface area contributed by atoms with Crippen LogP contribution in [-0.2, 0) is 0 Å². The fraction of sp³-hybridized carbons (Fsp3) is 0.533. The quantitative estimate of drug-likeness (QED) is 0.103. The predicted molar refractivity (Wildman–Crippen MR) is 140 cm³/mol. The molecule has 0 saturated heterocycles. The molecule has 0 aromatic heterocycles. The van der Waals surface area contributed by atoms with Gasteiger partial charge in [-0.1, -0.05) is 71.6 Å². The van der Waals surface area contributed by atoms with E-state index in [1.54, 1.807) is 48.5 Å². The molecule has 192 valence electrons. The normalized spacial score (nSPS) is 11.7. The van der Waals surface area contributed by atoms with E-state index in [2.05, 4.69) is 13.8 Å². The topological polar surface area (TPSA) is 72.8 Å². The molecule has 0 saturated carbocycles. The lowest BCUT2D eigenvalue weighted by Crippen LogP contribution is -2.13. The van der Waals surface area contributed by atoms with Crippen LogP contribution in [0.4, 0.5) is 0 Å². The summed E-state index contributed by atoms with van der Waals surface area (Å²) in [5, 5.41) is 10.0. The number of hydrogen-bond donors (Lipinski definition) is 1. The summed E-state index contributed by atoms with van der Waals surface area (Å²) in [6.45, 7) is 5.01. The largest absolute Gasteiger partial charge is 0.494 e. The summed E-state index contributed by atoms with van der Waals surface area (Å²) in [5.41, 5.74) is 0.936. The zero-order chi connectivity index (χ0) is 25.3. The van der Waals surface area contributed by atoms with Gasteiger partial charge in [-0.05, 0) is 61.4 Å². The Kier molecular flexibility index (Phi) is 13.8. The van der Waals surface area contributed by atoms with Crippen LogP contribution in [0.15, 0.2) is 48.5 Å². The smallest absolute Gasteiger partial charge is 0.343 e. The first kappa shape index (κ1) is 28.6. The molecule has 0 heterocycles. The van der Waals surface area contributed by atoms with Crippen molar-refractivity contribution in [3.05, 3.63) is 59.7 Å². The second-order valence-corrected chi connectivity index (χ2v) is 9.18. The highest BCUT2D eigenvalue weighted by atomic mass is 16.5. The second kappa shape index (κ2) is 16.9. The SMILES string of the molecule is CCCCCCCCCOc1ccc(C(=O)Oc2ccc(C(=O)CC(O)CCCCC)cc2)cc1. The minimum Gasteiger partial charge on any atom is -0.494 e. The Bertz CT molecular complexity index is 857. The zero-order valence-corrected chi connectivity index (χ0v) is 21.5. The first-order valence-electron chi connectivity index (χ1n) is 13.3. The molecule has 2 aromatic rings. The van der Waals surface area contributed by atoms with Crippen molar-refractivity contribution in [2.24, 2.45) is 0 Å². The van der Waals surface area contributed by atoms with Crippen molar-refractivity contribution < 1.29 is 24.2 Å². The number of ketones is 1.